The Morgan fingerprint density at radius 2 is 0.958 bits per heavy atom. The van der Waals surface area contributed by atoms with Crippen molar-refractivity contribution in [3.8, 4) is 50.3 Å². The molecule has 9 heteroatoms. The Hall–Kier alpha value is -6.60. The molecule has 0 fully saturated rings. The van der Waals surface area contributed by atoms with Gasteiger partial charge in [-0.2, -0.15) is 5.26 Å². The number of aliphatic carboxylic acids is 1. The SMILES string of the molecule is CCCCCCCCn1c2cc(/C=C(/C#N)C(=O)O)sc2c2sc(-c3ccc(N(c4ccc(-c5ccc(OCCCCCC)cc5)cc4)c4ccc(-c5ccc(OCCCCCC)cc5)cc4)cc3)cc21. The molecule has 0 radical (unpaired) electrons. The molecule has 0 amide bonds. The lowest BCUT2D eigenvalue weighted by molar-refractivity contribution is -0.132. The summed E-state index contributed by atoms with van der Waals surface area (Å²) in [4.78, 5) is 16.0. The Balaban J connectivity index is 1.07. The number of benzene rings is 5. The number of nitriles is 1. The van der Waals surface area contributed by atoms with Gasteiger partial charge in [-0.05, 0) is 126 Å². The topological polar surface area (TPSA) is 87.7 Å². The maximum atomic E-state index is 11.7. The maximum Gasteiger partial charge on any atom is 0.346 e. The predicted molar refractivity (Wildman–Crippen MR) is 300 cm³/mol. The minimum absolute atomic E-state index is 0.256. The number of nitrogens with zero attached hydrogens (tertiary/aromatic N) is 3. The van der Waals surface area contributed by atoms with Crippen LogP contribution in [0.4, 0.5) is 17.1 Å². The molecule has 5 aromatic carbocycles. The van der Waals surface area contributed by atoms with E-state index >= 15 is 0 Å². The number of aryl methyl sites for hydroxylation is 1. The monoisotopic (exact) mass is 981 g/mol. The van der Waals surface area contributed by atoms with Crippen molar-refractivity contribution in [3.05, 3.63) is 144 Å². The number of unbranched alkanes of at least 4 members (excludes halogenated alkanes) is 11. The summed E-state index contributed by atoms with van der Waals surface area (Å²) in [6, 6.07) is 49.6. The first-order valence-electron chi connectivity index (χ1n) is 25.8. The number of carboxylic acids is 1. The third-order valence-corrected chi connectivity index (χ3v) is 15.6. The fourth-order valence-corrected chi connectivity index (χ4v) is 11.6. The highest BCUT2D eigenvalue weighted by Crippen LogP contribution is 2.45. The smallest absolute Gasteiger partial charge is 0.346 e. The number of rotatable bonds is 27. The van der Waals surface area contributed by atoms with Gasteiger partial charge in [-0.1, -0.05) is 152 Å². The van der Waals surface area contributed by atoms with E-state index < -0.39 is 5.97 Å². The Kier molecular flexibility index (Phi) is 18.2. The van der Waals surface area contributed by atoms with Crippen LogP contribution in [0, 0.1) is 11.3 Å². The average molecular weight is 982 g/mol. The van der Waals surface area contributed by atoms with E-state index in [0.29, 0.717) is 0 Å². The van der Waals surface area contributed by atoms with Crippen molar-refractivity contribution >= 4 is 72.2 Å². The van der Waals surface area contributed by atoms with Gasteiger partial charge in [0.05, 0.1) is 33.6 Å². The van der Waals surface area contributed by atoms with Gasteiger partial charge in [-0.15, -0.1) is 22.7 Å². The van der Waals surface area contributed by atoms with Crippen LogP contribution in [0.2, 0.25) is 0 Å². The van der Waals surface area contributed by atoms with Gasteiger partial charge >= 0.3 is 5.97 Å². The van der Waals surface area contributed by atoms with E-state index in [2.05, 4.69) is 164 Å². The minimum atomic E-state index is -1.21. The van der Waals surface area contributed by atoms with Crippen molar-refractivity contribution in [1.82, 2.24) is 4.57 Å². The van der Waals surface area contributed by atoms with Gasteiger partial charge in [-0.25, -0.2) is 4.79 Å². The summed E-state index contributed by atoms with van der Waals surface area (Å²) < 4.78 is 16.8. The molecule has 0 atom stereocenters. The lowest BCUT2D eigenvalue weighted by Crippen LogP contribution is -2.09. The summed E-state index contributed by atoms with van der Waals surface area (Å²) >= 11 is 3.33. The van der Waals surface area contributed by atoms with E-state index in [1.807, 2.05) is 6.07 Å². The molecule has 7 nitrogen and oxygen atoms in total. The van der Waals surface area contributed by atoms with Crippen molar-refractivity contribution in [3.63, 3.8) is 0 Å². The van der Waals surface area contributed by atoms with Crippen LogP contribution in [0.15, 0.2) is 139 Å². The van der Waals surface area contributed by atoms with Crippen molar-refractivity contribution in [2.45, 2.75) is 117 Å². The standard InChI is InChI=1S/C62H67N3O4S2/c1-4-7-10-13-14-15-38-64-57-42-56(41-50(44-63)62(66)67)70-60(57)61-58(64)43-59(71-61)49-22-32-53(33-23-49)65(51-28-18-45(19-29-51)47-24-34-54(35-25-47)68-39-16-11-8-5-2)52-30-20-46(21-31-52)48-26-36-55(37-27-48)69-40-17-12-9-6-3/h18-37,41-43H,4-17,38-40H2,1-3H3,(H,66,67)/b50-41-. The molecule has 0 spiro atoms. The minimum Gasteiger partial charge on any atom is -0.494 e. The normalized spacial score (nSPS) is 11.6. The van der Waals surface area contributed by atoms with E-state index in [1.165, 1.54) is 91.8 Å². The molecule has 3 aromatic heterocycles. The second-order valence-electron chi connectivity index (χ2n) is 18.4. The summed E-state index contributed by atoms with van der Waals surface area (Å²) in [7, 11) is 0. The first kappa shape index (κ1) is 50.8. The van der Waals surface area contributed by atoms with Crippen LogP contribution in [-0.4, -0.2) is 28.9 Å². The Morgan fingerprint density at radius 3 is 1.42 bits per heavy atom. The summed E-state index contributed by atoms with van der Waals surface area (Å²) in [5, 5.41) is 19.1. The van der Waals surface area contributed by atoms with Crippen LogP contribution in [-0.2, 0) is 11.3 Å². The molecule has 0 bridgehead atoms. The molecule has 0 aliphatic carbocycles. The van der Waals surface area contributed by atoms with Crippen LogP contribution in [0.3, 0.4) is 0 Å². The molecule has 71 heavy (non-hydrogen) atoms. The van der Waals surface area contributed by atoms with Gasteiger partial charge in [0, 0.05) is 33.4 Å². The van der Waals surface area contributed by atoms with E-state index in [1.54, 1.807) is 22.7 Å². The van der Waals surface area contributed by atoms with Crippen molar-refractivity contribution in [1.29, 1.82) is 5.26 Å². The largest absolute Gasteiger partial charge is 0.494 e. The molecule has 8 rings (SSSR count). The van der Waals surface area contributed by atoms with Crippen LogP contribution in [0.1, 0.15) is 116 Å². The fourth-order valence-electron chi connectivity index (χ4n) is 9.18. The highest BCUT2D eigenvalue weighted by atomic mass is 32.1. The predicted octanol–water partition coefficient (Wildman–Crippen LogP) is 18.7. The molecule has 0 aliphatic heterocycles. The number of carboxylic acid groups (broad SMARTS) is 1. The first-order chi connectivity index (χ1) is 34.9. The number of ether oxygens (including phenoxy) is 2. The van der Waals surface area contributed by atoms with Crippen LogP contribution < -0.4 is 14.4 Å². The fraction of sp³-hybridized carbons (Fsp3) is 0.323. The molecule has 0 saturated heterocycles. The number of hydrogen-bond acceptors (Lipinski definition) is 7. The number of carbonyl (C=O) groups is 1. The quantitative estimate of drug-likeness (QED) is 0.0314. The van der Waals surface area contributed by atoms with Gasteiger partial charge in [0.1, 0.15) is 23.1 Å². The molecule has 0 aliphatic rings. The Bertz CT molecular complexity index is 2910. The van der Waals surface area contributed by atoms with Crippen LogP contribution in [0.25, 0.3) is 59.2 Å². The molecule has 1 N–H and O–H groups in total. The van der Waals surface area contributed by atoms with Gasteiger partial charge in [0.25, 0.3) is 0 Å². The lowest BCUT2D eigenvalue weighted by Gasteiger charge is -2.26. The summed E-state index contributed by atoms with van der Waals surface area (Å²) in [5.74, 6) is 0.608. The van der Waals surface area contributed by atoms with E-state index in [0.717, 1.165) is 110 Å². The van der Waals surface area contributed by atoms with Crippen LogP contribution in [0.5, 0.6) is 11.5 Å². The molecular formula is C62H67N3O4S2. The summed E-state index contributed by atoms with van der Waals surface area (Å²) in [6.45, 7) is 9.08. The number of anilines is 3. The Morgan fingerprint density at radius 1 is 0.549 bits per heavy atom. The molecule has 8 aromatic rings. The van der Waals surface area contributed by atoms with Gasteiger partial charge in [0.2, 0.25) is 0 Å². The summed E-state index contributed by atoms with van der Waals surface area (Å²) in [6.07, 6.45) is 18.2. The first-order valence-corrected chi connectivity index (χ1v) is 27.5. The number of aromatic nitrogens is 1. The van der Waals surface area contributed by atoms with E-state index in [-0.39, 0.29) is 5.57 Å². The third kappa shape index (κ3) is 13.0. The summed E-state index contributed by atoms with van der Waals surface area (Å²) in [5.41, 5.74) is 10.9. The second kappa shape index (κ2) is 25.5. The average Bonchev–Trinajstić information content (AvgIpc) is 4.09. The zero-order valence-electron chi connectivity index (χ0n) is 41.6. The van der Waals surface area contributed by atoms with Crippen molar-refractivity contribution < 1.29 is 19.4 Å². The second-order valence-corrected chi connectivity index (χ2v) is 20.6. The molecule has 366 valence electrons. The lowest BCUT2D eigenvalue weighted by atomic mass is 10.0. The number of thiophene rings is 2. The molecular weight excluding hydrogens is 915 g/mol. The van der Waals surface area contributed by atoms with Crippen LogP contribution >= 0.6 is 22.7 Å². The third-order valence-electron chi connectivity index (χ3n) is 13.2. The van der Waals surface area contributed by atoms with Gasteiger partial charge in [-0.3, -0.25) is 0 Å². The molecule has 3 heterocycles. The maximum absolute atomic E-state index is 11.7. The Labute approximate surface area is 428 Å². The van der Waals surface area contributed by atoms with Gasteiger partial charge < -0.3 is 24.0 Å². The number of fused-ring (bicyclic) bond motifs is 3. The van der Waals surface area contributed by atoms with Crippen molar-refractivity contribution in [2.75, 3.05) is 18.1 Å². The van der Waals surface area contributed by atoms with Gasteiger partial charge in [0.15, 0.2) is 0 Å². The highest BCUT2D eigenvalue weighted by Gasteiger charge is 2.20. The van der Waals surface area contributed by atoms with E-state index in [4.69, 9.17) is 9.47 Å². The van der Waals surface area contributed by atoms with E-state index in [9.17, 15) is 15.2 Å². The zero-order valence-corrected chi connectivity index (χ0v) is 43.3. The molecule has 0 unspecified atom stereocenters. The highest BCUT2D eigenvalue weighted by molar-refractivity contribution is 7.29. The van der Waals surface area contributed by atoms with Crippen molar-refractivity contribution in [2.24, 2.45) is 0 Å². The number of hydrogen-bond donors (Lipinski definition) is 1. The molecule has 0 saturated carbocycles. The zero-order chi connectivity index (χ0) is 49.4.